The molecule has 0 amide bonds. The minimum atomic E-state index is 0.143. The number of nitrogens with one attached hydrogen (secondary N) is 1. The van der Waals surface area contributed by atoms with Crippen molar-refractivity contribution in [2.45, 2.75) is 46.4 Å². The highest BCUT2D eigenvalue weighted by Crippen LogP contribution is 2.31. The summed E-state index contributed by atoms with van der Waals surface area (Å²) >= 11 is 0. The predicted octanol–water partition coefficient (Wildman–Crippen LogP) is 2.98. The summed E-state index contributed by atoms with van der Waals surface area (Å²) in [5, 5.41) is 3.39. The topological polar surface area (TPSA) is 30.5 Å². The highest BCUT2D eigenvalue weighted by atomic mass is 16.5. The molecule has 0 aliphatic rings. The van der Waals surface area contributed by atoms with E-state index in [1.807, 2.05) is 26.0 Å². The van der Waals surface area contributed by atoms with Gasteiger partial charge in [0.2, 0.25) is 0 Å². The van der Waals surface area contributed by atoms with Crippen LogP contribution in [0.1, 0.15) is 33.3 Å². The summed E-state index contributed by atoms with van der Waals surface area (Å²) in [4.78, 5) is 0. The van der Waals surface area contributed by atoms with E-state index in [1.165, 1.54) is 0 Å². The first-order chi connectivity index (χ1) is 8.04. The van der Waals surface area contributed by atoms with Gasteiger partial charge in [0.15, 0.2) is 11.5 Å². The van der Waals surface area contributed by atoms with Crippen molar-refractivity contribution in [2.24, 2.45) is 0 Å². The molecule has 0 saturated carbocycles. The van der Waals surface area contributed by atoms with Crippen LogP contribution < -0.4 is 14.8 Å². The van der Waals surface area contributed by atoms with Crippen molar-refractivity contribution in [1.82, 2.24) is 5.32 Å². The summed E-state index contributed by atoms with van der Waals surface area (Å²) in [6, 6.07) is 6.43. The molecule has 1 aromatic rings. The zero-order chi connectivity index (χ0) is 12.8. The molecule has 0 unspecified atom stereocenters. The average Bonchev–Trinajstić information content (AvgIpc) is 2.26. The second-order valence-corrected chi connectivity index (χ2v) is 4.65. The van der Waals surface area contributed by atoms with Crippen molar-refractivity contribution in [2.75, 3.05) is 7.11 Å². The molecule has 1 rings (SSSR count). The zero-order valence-corrected chi connectivity index (χ0v) is 11.4. The van der Waals surface area contributed by atoms with Crippen LogP contribution in [-0.2, 0) is 6.54 Å². The maximum Gasteiger partial charge on any atom is 0.166 e. The lowest BCUT2D eigenvalue weighted by atomic mass is 10.1. The van der Waals surface area contributed by atoms with E-state index in [4.69, 9.17) is 9.47 Å². The van der Waals surface area contributed by atoms with Gasteiger partial charge < -0.3 is 14.8 Å². The molecule has 0 aliphatic heterocycles. The number of benzene rings is 1. The quantitative estimate of drug-likeness (QED) is 0.825. The fourth-order valence-corrected chi connectivity index (χ4v) is 1.54. The summed E-state index contributed by atoms with van der Waals surface area (Å²) < 4.78 is 11.2. The van der Waals surface area contributed by atoms with Crippen LogP contribution in [0.2, 0.25) is 0 Å². The highest BCUT2D eigenvalue weighted by Gasteiger charge is 2.12. The Morgan fingerprint density at radius 1 is 1.18 bits per heavy atom. The van der Waals surface area contributed by atoms with Gasteiger partial charge in [-0.3, -0.25) is 0 Å². The molecule has 96 valence electrons. The Morgan fingerprint density at radius 3 is 2.41 bits per heavy atom. The van der Waals surface area contributed by atoms with Gasteiger partial charge >= 0.3 is 0 Å². The minimum absolute atomic E-state index is 0.143. The Bertz CT molecular complexity index is 348. The van der Waals surface area contributed by atoms with Crippen LogP contribution >= 0.6 is 0 Å². The maximum absolute atomic E-state index is 5.83. The van der Waals surface area contributed by atoms with E-state index < -0.39 is 0 Å². The van der Waals surface area contributed by atoms with Crippen LogP contribution in [0.5, 0.6) is 11.5 Å². The van der Waals surface area contributed by atoms with Gasteiger partial charge in [-0.05, 0) is 19.9 Å². The van der Waals surface area contributed by atoms with Crippen molar-refractivity contribution < 1.29 is 9.47 Å². The summed E-state index contributed by atoms with van der Waals surface area (Å²) in [7, 11) is 1.67. The van der Waals surface area contributed by atoms with Gasteiger partial charge in [-0.15, -0.1) is 0 Å². The molecule has 3 heteroatoms. The van der Waals surface area contributed by atoms with Crippen LogP contribution in [0.15, 0.2) is 18.2 Å². The first-order valence-electron chi connectivity index (χ1n) is 6.10. The Balaban J connectivity index is 2.93. The highest BCUT2D eigenvalue weighted by molar-refractivity contribution is 5.46. The third kappa shape index (κ3) is 4.27. The molecular weight excluding hydrogens is 214 g/mol. The van der Waals surface area contributed by atoms with E-state index >= 15 is 0 Å². The Kier molecular flexibility index (Phi) is 5.29. The zero-order valence-electron chi connectivity index (χ0n) is 11.4. The summed E-state index contributed by atoms with van der Waals surface area (Å²) in [6.45, 7) is 9.08. The molecular formula is C14H23NO2. The first-order valence-corrected chi connectivity index (χ1v) is 6.10. The van der Waals surface area contributed by atoms with Gasteiger partial charge in [0.1, 0.15) is 0 Å². The van der Waals surface area contributed by atoms with Gasteiger partial charge in [-0.25, -0.2) is 0 Å². The van der Waals surface area contributed by atoms with Crippen molar-refractivity contribution in [3.05, 3.63) is 23.8 Å². The second-order valence-electron chi connectivity index (χ2n) is 4.65. The predicted molar refractivity (Wildman–Crippen MR) is 70.7 cm³/mol. The first kappa shape index (κ1) is 13.8. The van der Waals surface area contributed by atoms with E-state index in [9.17, 15) is 0 Å². The van der Waals surface area contributed by atoms with Gasteiger partial charge in [0.25, 0.3) is 0 Å². The Morgan fingerprint density at radius 2 is 1.88 bits per heavy atom. The smallest absolute Gasteiger partial charge is 0.166 e. The lowest BCUT2D eigenvalue weighted by molar-refractivity contribution is 0.227. The number of hydrogen-bond acceptors (Lipinski definition) is 3. The molecule has 0 aromatic heterocycles. The fourth-order valence-electron chi connectivity index (χ4n) is 1.54. The van der Waals surface area contributed by atoms with Crippen LogP contribution in [0.4, 0.5) is 0 Å². The Hall–Kier alpha value is -1.22. The van der Waals surface area contributed by atoms with Gasteiger partial charge in [-0.2, -0.15) is 0 Å². The second kappa shape index (κ2) is 6.50. The van der Waals surface area contributed by atoms with E-state index in [-0.39, 0.29) is 6.10 Å². The van der Waals surface area contributed by atoms with Crippen molar-refractivity contribution >= 4 is 0 Å². The van der Waals surface area contributed by atoms with Gasteiger partial charge in [0.05, 0.1) is 13.2 Å². The van der Waals surface area contributed by atoms with Gasteiger partial charge in [0, 0.05) is 18.2 Å². The van der Waals surface area contributed by atoms with Crippen molar-refractivity contribution in [1.29, 1.82) is 0 Å². The Labute approximate surface area is 104 Å². The largest absolute Gasteiger partial charge is 0.493 e. The average molecular weight is 237 g/mol. The molecule has 0 aliphatic carbocycles. The van der Waals surface area contributed by atoms with Gasteiger partial charge in [-0.1, -0.05) is 26.0 Å². The number of methoxy groups -OCH3 is 1. The molecule has 0 radical (unpaired) electrons. The third-order valence-electron chi connectivity index (χ3n) is 2.33. The number of para-hydroxylation sites is 1. The third-order valence-corrected chi connectivity index (χ3v) is 2.33. The molecule has 0 bridgehead atoms. The molecule has 0 spiro atoms. The molecule has 1 aromatic carbocycles. The molecule has 0 fully saturated rings. The monoisotopic (exact) mass is 237 g/mol. The fraction of sp³-hybridized carbons (Fsp3) is 0.571. The molecule has 3 nitrogen and oxygen atoms in total. The standard InChI is InChI=1S/C14H23NO2/c1-10(2)15-9-12-7-6-8-13(16-5)14(12)17-11(3)4/h6-8,10-11,15H,9H2,1-5H3. The van der Waals surface area contributed by atoms with E-state index in [0.717, 1.165) is 23.6 Å². The lowest BCUT2D eigenvalue weighted by Crippen LogP contribution is -2.22. The van der Waals surface area contributed by atoms with Crippen LogP contribution in [0.3, 0.4) is 0 Å². The summed E-state index contributed by atoms with van der Waals surface area (Å²) in [6.07, 6.45) is 0.143. The van der Waals surface area contributed by atoms with E-state index in [0.29, 0.717) is 6.04 Å². The SMILES string of the molecule is COc1cccc(CNC(C)C)c1OC(C)C. The summed E-state index contributed by atoms with van der Waals surface area (Å²) in [5.41, 5.74) is 1.13. The molecule has 0 heterocycles. The normalized spacial score (nSPS) is 11.0. The van der Waals surface area contributed by atoms with Crippen LogP contribution in [-0.4, -0.2) is 19.3 Å². The number of hydrogen-bond donors (Lipinski definition) is 1. The molecule has 1 N–H and O–H groups in total. The summed E-state index contributed by atoms with van der Waals surface area (Å²) in [5.74, 6) is 1.64. The van der Waals surface area contributed by atoms with E-state index in [2.05, 4.69) is 25.2 Å². The molecule has 0 saturated heterocycles. The molecule has 17 heavy (non-hydrogen) atoms. The number of ether oxygens (including phenoxy) is 2. The van der Waals surface area contributed by atoms with Crippen molar-refractivity contribution in [3.8, 4) is 11.5 Å². The van der Waals surface area contributed by atoms with Crippen molar-refractivity contribution in [3.63, 3.8) is 0 Å². The molecule has 0 atom stereocenters. The van der Waals surface area contributed by atoms with Crippen LogP contribution in [0.25, 0.3) is 0 Å². The number of rotatable bonds is 6. The van der Waals surface area contributed by atoms with E-state index in [1.54, 1.807) is 7.11 Å². The van der Waals surface area contributed by atoms with Crippen LogP contribution in [0, 0.1) is 0 Å². The minimum Gasteiger partial charge on any atom is -0.493 e. The maximum atomic E-state index is 5.83. The lowest BCUT2D eigenvalue weighted by Gasteiger charge is -2.18.